The van der Waals surface area contributed by atoms with E-state index in [4.69, 9.17) is 0 Å². The molecule has 0 bridgehead atoms. The van der Waals surface area contributed by atoms with Crippen molar-refractivity contribution in [1.29, 1.82) is 0 Å². The zero-order valence-corrected chi connectivity index (χ0v) is 21.8. The fourth-order valence-electron chi connectivity index (χ4n) is 4.06. The molecule has 0 aliphatic carbocycles. The number of anilines is 1. The molecular weight excluding hydrogens is 460 g/mol. The van der Waals surface area contributed by atoms with Gasteiger partial charge in [-0.2, -0.15) is 0 Å². The SMILES string of the molecule is CCN(CC)CCCNC(=O)C=C[C@H](Cc1ccccc1)NC(=O)Nc1ccc(-c2ccccc2)cc1. The third-order valence-corrected chi connectivity index (χ3v) is 6.19. The number of benzene rings is 3. The molecule has 0 radical (unpaired) electrons. The van der Waals surface area contributed by atoms with Crippen LogP contribution in [0.15, 0.2) is 97.1 Å². The molecule has 0 heterocycles. The Morgan fingerprint density at radius 2 is 1.46 bits per heavy atom. The van der Waals surface area contributed by atoms with Crippen molar-refractivity contribution in [3.63, 3.8) is 0 Å². The minimum atomic E-state index is -0.340. The number of urea groups is 1. The van der Waals surface area contributed by atoms with Crippen molar-refractivity contribution in [2.75, 3.05) is 31.5 Å². The maximum atomic E-state index is 12.8. The van der Waals surface area contributed by atoms with Gasteiger partial charge in [0.1, 0.15) is 0 Å². The smallest absolute Gasteiger partial charge is 0.319 e. The van der Waals surface area contributed by atoms with Gasteiger partial charge in [0, 0.05) is 18.3 Å². The number of rotatable bonds is 13. The minimum absolute atomic E-state index is 0.156. The van der Waals surface area contributed by atoms with Gasteiger partial charge < -0.3 is 20.9 Å². The van der Waals surface area contributed by atoms with Crippen molar-refractivity contribution in [1.82, 2.24) is 15.5 Å². The van der Waals surface area contributed by atoms with Gasteiger partial charge in [0.15, 0.2) is 0 Å². The summed E-state index contributed by atoms with van der Waals surface area (Å²) >= 11 is 0. The molecule has 3 aromatic rings. The van der Waals surface area contributed by atoms with Gasteiger partial charge in [-0.05, 0) is 61.3 Å². The van der Waals surface area contributed by atoms with Crippen LogP contribution in [-0.2, 0) is 11.2 Å². The van der Waals surface area contributed by atoms with Gasteiger partial charge in [0.05, 0.1) is 6.04 Å². The Bertz CT molecular complexity index is 1110. The number of carbonyl (C=O) groups excluding carboxylic acids is 2. The van der Waals surface area contributed by atoms with E-state index in [1.165, 1.54) is 6.08 Å². The number of hydrogen-bond acceptors (Lipinski definition) is 3. The number of carbonyl (C=O) groups is 2. The van der Waals surface area contributed by atoms with Crippen LogP contribution in [0.5, 0.6) is 0 Å². The van der Waals surface area contributed by atoms with Gasteiger partial charge in [-0.1, -0.05) is 92.7 Å². The molecule has 3 amide bonds. The van der Waals surface area contributed by atoms with Gasteiger partial charge in [-0.3, -0.25) is 4.79 Å². The Balaban J connectivity index is 1.56. The Kier molecular flexibility index (Phi) is 11.4. The van der Waals surface area contributed by atoms with E-state index in [-0.39, 0.29) is 18.0 Å². The standard InChI is InChI=1S/C31H38N4O2/c1-3-35(4-2)23-11-22-32-30(36)21-20-29(24-25-12-7-5-8-13-25)34-31(37)33-28-18-16-27(17-19-28)26-14-9-6-10-15-26/h5-10,12-21,29H,3-4,11,22-24H2,1-2H3,(H,32,36)(H2,33,34,37)/t29-/m1/s1. The first-order valence-corrected chi connectivity index (χ1v) is 13.0. The molecular formula is C31H38N4O2. The molecule has 0 saturated carbocycles. The molecule has 0 aromatic heterocycles. The first-order valence-electron chi connectivity index (χ1n) is 13.0. The molecule has 37 heavy (non-hydrogen) atoms. The first kappa shape index (κ1) is 27.7. The molecule has 0 unspecified atom stereocenters. The topological polar surface area (TPSA) is 73.5 Å². The summed E-state index contributed by atoms with van der Waals surface area (Å²) in [5.41, 5.74) is 3.98. The Labute approximate surface area is 220 Å². The predicted molar refractivity (Wildman–Crippen MR) is 153 cm³/mol. The van der Waals surface area contributed by atoms with Crippen LogP contribution in [0, 0.1) is 0 Å². The van der Waals surface area contributed by atoms with E-state index in [1.54, 1.807) is 6.08 Å². The summed E-state index contributed by atoms with van der Waals surface area (Å²) in [4.78, 5) is 27.5. The number of nitrogens with one attached hydrogen (secondary N) is 3. The van der Waals surface area contributed by atoms with Crippen LogP contribution in [0.25, 0.3) is 11.1 Å². The van der Waals surface area contributed by atoms with E-state index in [0.29, 0.717) is 18.7 Å². The molecule has 194 valence electrons. The molecule has 0 spiro atoms. The monoisotopic (exact) mass is 498 g/mol. The third-order valence-electron chi connectivity index (χ3n) is 6.19. The highest BCUT2D eigenvalue weighted by atomic mass is 16.2. The fourth-order valence-corrected chi connectivity index (χ4v) is 4.06. The highest BCUT2D eigenvalue weighted by Gasteiger charge is 2.12. The minimum Gasteiger partial charge on any atom is -0.353 e. The Morgan fingerprint density at radius 1 is 0.838 bits per heavy atom. The quantitative estimate of drug-likeness (QED) is 0.215. The average molecular weight is 499 g/mol. The fraction of sp³-hybridized carbons (Fsp3) is 0.290. The molecule has 1 atom stereocenters. The highest BCUT2D eigenvalue weighted by molar-refractivity contribution is 5.90. The summed E-state index contributed by atoms with van der Waals surface area (Å²) in [5, 5.41) is 8.82. The van der Waals surface area contributed by atoms with Crippen molar-refractivity contribution in [3.05, 3.63) is 103 Å². The number of hydrogen-bond donors (Lipinski definition) is 3. The molecule has 3 aromatic carbocycles. The second-order valence-corrected chi connectivity index (χ2v) is 8.87. The van der Waals surface area contributed by atoms with Crippen LogP contribution in [0.3, 0.4) is 0 Å². The lowest BCUT2D eigenvalue weighted by Crippen LogP contribution is -2.38. The van der Waals surface area contributed by atoms with Crippen molar-refractivity contribution < 1.29 is 9.59 Å². The highest BCUT2D eigenvalue weighted by Crippen LogP contribution is 2.21. The summed E-state index contributed by atoms with van der Waals surface area (Å²) in [5.74, 6) is -0.156. The van der Waals surface area contributed by atoms with Gasteiger partial charge in [-0.15, -0.1) is 0 Å². The molecule has 0 aliphatic heterocycles. The molecule has 0 fully saturated rings. The average Bonchev–Trinajstić information content (AvgIpc) is 2.93. The van der Waals surface area contributed by atoms with Crippen LogP contribution >= 0.6 is 0 Å². The van der Waals surface area contributed by atoms with Gasteiger partial charge in [0.25, 0.3) is 0 Å². The Hall–Kier alpha value is -3.90. The summed E-state index contributed by atoms with van der Waals surface area (Å²) in [6.45, 7) is 7.88. The second-order valence-electron chi connectivity index (χ2n) is 8.87. The largest absolute Gasteiger partial charge is 0.353 e. The lowest BCUT2D eigenvalue weighted by atomic mass is 10.1. The van der Waals surface area contributed by atoms with Crippen molar-refractivity contribution in [2.24, 2.45) is 0 Å². The van der Waals surface area contributed by atoms with E-state index in [2.05, 4.69) is 46.8 Å². The summed E-state index contributed by atoms with van der Waals surface area (Å²) in [6.07, 6.45) is 4.75. The lowest BCUT2D eigenvalue weighted by Gasteiger charge is -2.17. The van der Waals surface area contributed by atoms with Crippen LogP contribution in [-0.4, -0.2) is 49.1 Å². The molecule has 0 saturated heterocycles. The van der Waals surface area contributed by atoms with E-state index < -0.39 is 0 Å². The van der Waals surface area contributed by atoms with E-state index in [0.717, 1.165) is 42.7 Å². The second kappa shape index (κ2) is 15.3. The number of amides is 3. The van der Waals surface area contributed by atoms with Gasteiger partial charge >= 0.3 is 6.03 Å². The summed E-state index contributed by atoms with van der Waals surface area (Å²) in [7, 11) is 0. The van der Waals surface area contributed by atoms with Crippen LogP contribution < -0.4 is 16.0 Å². The maximum Gasteiger partial charge on any atom is 0.319 e. The zero-order chi connectivity index (χ0) is 26.3. The zero-order valence-electron chi connectivity index (χ0n) is 21.8. The van der Waals surface area contributed by atoms with Crippen LogP contribution in [0.4, 0.5) is 10.5 Å². The van der Waals surface area contributed by atoms with Gasteiger partial charge in [-0.25, -0.2) is 4.79 Å². The molecule has 3 rings (SSSR count). The third kappa shape index (κ3) is 9.94. The summed E-state index contributed by atoms with van der Waals surface area (Å²) < 4.78 is 0. The van der Waals surface area contributed by atoms with Crippen LogP contribution in [0.1, 0.15) is 25.8 Å². The number of nitrogens with zero attached hydrogens (tertiary/aromatic N) is 1. The molecule has 0 aliphatic rings. The molecule has 3 N–H and O–H groups in total. The Morgan fingerprint density at radius 3 is 2.11 bits per heavy atom. The van der Waals surface area contributed by atoms with Crippen LogP contribution in [0.2, 0.25) is 0 Å². The van der Waals surface area contributed by atoms with Gasteiger partial charge in [0.2, 0.25) is 5.91 Å². The maximum absolute atomic E-state index is 12.8. The molecule has 6 nitrogen and oxygen atoms in total. The van der Waals surface area contributed by atoms with E-state index in [9.17, 15) is 9.59 Å². The summed E-state index contributed by atoms with van der Waals surface area (Å²) in [6, 6.07) is 27.1. The normalized spacial score (nSPS) is 11.9. The van der Waals surface area contributed by atoms with E-state index in [1.807, 2.05) is 72.8 Å². The van der Waals surface area contributed by atoms with Crippen molar-refractivity contribution in [2.45, 2.75) is 32.7 Å². The van der Waals surface area contributed by atoms with E-state index >= 15 is 0 Å². The lowest BCUT2D eigenvalue weighted by molar-refractivity contribution is -0.116. The van der Waals surface area contributed by atoms with Crippen molar-refractivity contribution >= 4 is 17.6 Å². The first-order chi connectivity index (χ1) is 18.1. The predicted octanol–water partition coefficient (Wildman–Crippen LogP) is 5.49. The molecule has 6 heteroatoms. The van der Waals surface area contributed by atoms with Crippen molar-refractivity contribution in [3.8, 4) is 11.1 Å².